The second-order valence-corrected chi connectivity index (χ2v) is 6.80. The molecule has 1 fully saturated rings. The molecule has 0 aliphatic heterocycles. The maximum atomic E-state index is 3.39. The van der Waals surface area contributed by atoms with Crippen LogP contribution in [0.5, 0.6) is 0 Å². The molecule has 1 heterocycles. The zero-order chi connectivity index (χ0) is 12.6. The van der Waals surface area contributed by atoms with E-state index in [1.54, 1.807) is 5.56 Å². The van der Waals surface area contributed by atoms with Crippen molar-refractivity contribution < 1.29 is 0 Å². The van der Waals surface area contributed by atoms with Gasteiger partial charge in [0.2, 0.25) is 0 Å². The first-order valence-corrected chi connectivity index (χ1v) is 7.70. The van der Waals surface area contributed by atoms with Gasteiger partial charge in [0.25, 0.3) is 0 Å². The molecule has 1 aliphatic rings. The van der Waals surface area contributed by atoms with E-state index in [9.17, 15) is 0 Å². The number of benzene rings is 1. The molecule has 0 radical (unpaired) electrons. The molecule has 1 aliphatic carbocycles. The van der Waals surface area contributed by atoms with E-state index in [-0.39, 0.29) is 0 Å². The van der Waals surface area contributed by atoms with Crippen LogP contribution in [0.15, 0.2) is 29.6 Å². The average Bonchev–Trinajstić information content (AvgIpc) is 3.15. The van der Waals surface area contributed by atoms with Gasteiger partial charge in [-0.3, -0.25) is 0 Å². The second kappa shape index (κ2) is 4.67. The summed E-state index contributed by atoms with van der Waals surface area (Å²) < 4.78 is 1.43. The van der Waals surface area contributed by atoms with Crippen molar-refractivity contribution in [3.63, 3.8) is 0 Å². The van der Waals surface area contributed by atoms with Crippen LogP contribution in [0.4, 0.5) is 0 Å². The Hall–Kier alpha value is -0.860. The topological polar surface area (TPSA) is 12.0 Å². The van der Waals surface area contributed by atoms with Gasteiger partial charge < -0.3 is 5.32 Å². The summed E-state index contributed by atoms with van der Waals surface area (Å²) in [6.45, 7) is 3.58. The highest BCUT2D eigenvalue weighted by atomic mass is 32.1. The standard InChI is InChI=1S/C16H21NS/c1-16(11-17-2,13-7-8-13)9-12-10-18-15-6-4-3-5-14(12)15/h3-6,10,13,17H,7-9,11H2,1-2H3. The molecule has 1 unspecified atom stereocenters. The Balaban J connectivity index is 1.90. The number of rotatable bonds is 5. The van der Waals surface area contributed by atoms with Gasteiger partial charge in [0.15, 0.2) is 0 Å². The Kier molecular flexibility index (Phi) is 3.16. The van der Waals surface area contributed by atoms with Gasteiger partial charge in [-0.15, -0.1) is 11.3 Å². The van der Waals surface area contributed by atoms with Gasteiger partial charge in [-0.2, -0.15) is 0 Å². The SMILES string of the molecule is CNCC(C)(Cc1csc2ccccc12)C1CC1. The number of fused-ring (bicyclic) bond motifs is 1. The summed E-state index contributed by atoms with van der Waals surface area (Å²) in [5.41, 5.74) is 1.97. The highest BCUT2D eigenvalue weighted by molar-refractivity contribution is 7.17. The number of hydrogen-bond donors (Lipinski definition) is 1. The van der Waals surface area contributed by atoms with Crippen LogP contribution in [0.3, 0.4) is 0 Å². The Labute approximate surface area is 113 Å². The minimum absolute atomic E-state index is 0.429. The van der Waals surface area contributed by atoms with Crippen LogP contribution in [0.1, 0.15) is 25.3 Å². The molecule has 1 nitrogen and oxygen atoms in total. The molecule has 1 aromatic carbocycles. The van der Waals surface area contributed by atoms with Crippen molar-refractivity contribution >= 4 is 21.4 Å². The highest BCUT2D eigenvalue weighted by Crippen LogP contribution is 2.48. The molecule has 1 N–H and O–H groups in total. The molecule has 2 heteroatoms. The Morgan fingerprint density at radius 1 is 1.33 bits per heavy atom. The summed E-state index contributed by atoms with van der Waals surface area (Å²) in [7, 11) is 2.08. The lowest BCUT2D eigenvalue weighted by Gasteiger charge is -2.29. The summed E-state index contributed by atoms with van der Waals surface area (Å²) in [5.74, 6) is 0.920. The predicted molar refractivity (Wildman–Crippen MR) is 80.3 cm³/mol. The number of hydrogen-bond acceptors (Lipinski definition) is 2. The first kappa shape index (κ1) is 12.2. The molecule has 0 bridgehead atoms. The second-order valence-electron chi connectivity index (χ2n) is 5.89. The van der Waals surface area contributed by atoms with Crippen LogP contribution >= 0.6 is 11.3 Å². The summed E-state index contributed by atoms with van der Waals surface area (Å²) in [6, 6.07) is 8.80. The minimum Gasteiger partial charge on any atom is -0.319 e. The van der Waals surface area contributed by atoms with Gasteiger partial charge >= 0.3 is 0 Å². The van der Waals surface area contributed by atoms with Crippen molar-refractivity contribution in [2.45, 2.75) is 26.2 Å². The lowest BCUT2D eigenvalue weighted by molar-refractivity contribution is 0.264. The normalized spacial score (nSPS) is 19.0. The fourth-order valence-corrected chi connectivity index (χ4v) is 4.10. The summed E-state index contributed by atoms with van der Waals surface area (Å²) in [6.07, 6.45) is 4.04. The van der Waals surface area contributed by atoms with Gasteiger partial charge in [0.1, 0.15) is 0 Å². The van der Waals surface area contributed by atoms with E-state index < -0.39 is 0 Å². The van der Waals surface area contributed by atoms with Gasteiger partial charge in [-0.05, 0) is 60.0 Å². The molecular weight excluding hydrogens is 238 g/mol. The Bertz CT molecular complexity index is 541. The van der Waals surface area contributed by atoms with Gasteiger partial charge in [-0.25, -0.2) is 0 Å². The van der Waals surface area contributed by atoms with Crippen LogP contribution in [-0.4, -0.2) is 13.6 Å². The molecule has 1 saturated carbocycles. The summed E-state index contributed by atoms with van der Waals surface area (Å²) >= 11 is 1.88. The van der Waals surface area contributed by atoms with Gasteiger partial charge in [0, 0.05) is 11.2 Å². The Morgan fingerprint density at radius 2 is 2.11 bits per heavy atom. The van der Waals surface area contributed by atoms with E-state index in [0.717, 1.165) is 12.5 Å². The lowest BCUT2D eigenvalue weighted by atomic mass is 9.79. The number of thiophene rings is 1. The average molecular weight is 259 g/mol. The quantitative estimate of drug-likeness (QED) is 0.853. The van der Waals surface area contributed by atoms with E-state index >= 15 is 0 Å². The third-order valence-corrected chi connectivity index (χ3v) is 5.31. The van der Waals surface area contributed by atoms with Crippen molar-refractivity contribution in [2.24, 2.45) is 11.3 Å². The van der Waals surface area contributed by atoms with E-state index in [1.807, 2.05) is 11.3 Å². The largest absolute Gasteiger partial charge is 0.319 e. The Morgan fingerprint density at radius 3 is 2.83 bits per heavy atom. The molecule has 0 saturated heterocycles. The van der Waals surface area contributed by atoms with Crippen LogP contribution in [0.25, 0.3) is 10.1 Å². The van der Waals surface area contributed by atoms with Crippen molar-refractivity contribution in [1.29, 1.82) is 0 Å². The molecule has 1 atom stereocenters. The lowest BCUT2D eigenvalue weighted by Crippen LogP contribution is -2.33. The zero-order valence-electron chi connectivity index (χ0n) is 11.2. The molecule has 18 heavy (non-hydrogen) atoms. The van der Waals surface area contributed by atoms with Crippen molar-refractivity contribution in [2.75, 3.05) is 13.6 Å². The van der Waals surface area contributed by atoms with Crippen LogP contribution < -0.4 is 5.32 Å². The molecule has 0 amide bonds. The molecule has 0 spiro atoms. The predicted octanol–water partition coefficient (Wildman–Crippen LogP) is 4.08. The highest BCUT2D eigenvalue weighted by Gasteiger charge is 2.41. The van der Waals surface area contributed by atoms with E-state index in [1.165, 1.54) is 29.3 Å². The fourth-order valence-electron chi connectivity index (χ4n) is 3.14. The fraction of sp³-hybridized carbons (Fsp3) is 0.500. The molecule has 1 aromatic heterocycles. The van der Waals surface area contributed by atoms with E-state index in [2.05, 4.69) is 48.9 Å². The zero-order valence-corrected chi connectivity index (χ0v) is 12.0. The maximum Gasteiger partial charge on any atom is 0.0345 e. The molecule has 3 rings (SSSR count). The van der Waals surface area contributed by atoms with Gasteiger partial charge in [0.05, 0.1) is 0 Å². The third-order valence-electron chi connectivity index (χ3n) is 4.30. The van der Waals surface area contributed by atoms with Crippen molar-refractivity contribution in [3.05, 3.63) is 35.2 Å². The first-order valence-electron chi connectivity index (χ1n) is 6.83. The number of nitrogens with one attached hydrogen (secondary N) is 1. The molecular formula is C16H21NS. The van der Waals surface area contributed by atoms with E-state index in [0.29, 0.717) is 5.41 Å². The summed E-state index contributed by atoms with van der Waals surface area (Å²) in [5, 5.41) is 7.22. The third kappa shape index (κ3) is 2.19. The van der Waals surface area contributed by atoms with Crippen LogP contribution in [-0.2, 0) is 6.42 Å². The van der Waals surface area contributed by atoms with Crippen molar-refractivity contribution in [1.82, 2.24) is 5.32 Å². The monoisotopic (exact) mass is 259 g/mol. The molecule has 96 valence electrons. The maximum absolute atomic E-state index is 3.39. The van der Waals surface area contributed by atoms with Crippen LogP contribution in [0, 0.1) is 11.3 Å². The minimum atomic E-state index is 0.429. The summed E-state index contributed by atoms with van der Waals surface area (Å²) in [4.78, 5) is 0. The smallest absolute Gasteiger partial charge is 0.0345 e. The van der Waals surface area contributed by atoms with E-state index in [4.69, 9.17) is 0 Å². The molecule has 2 aromatic rings. The first-order chi connectivity index (χ1) is 8.73. The van der Waals surface area contributed by atoms with Crippen molar-refractivity contribution in [3.8, 4) is 0 Å². The van der Waals surface area contributed by atoms with Gasteiger partial charge in [-0.1, -0.05) is 25.1 Å². The van der Waals surface area contributed by atoms with Crippen LogP contribution in [0.2, 0.25) is 0 Å².